The number of thiophene rings is 1. The molecule has 180 valence electrons. The summed E-state index contributed by atoms with van der Waals surface area (Å²) in [5, 5.41) is 4.50. The first-order chi connectivity index (χ1) is 17.1. The predicted molar refractivity (Wildman–Crippen MR) is 144 cm³/mol. The Morgan fingerprint density at radius 3 is 2.63 bits per heavy atom. The maximum absolute atomic E-state index is 13.0. The predicted octanol–water partition coefficient (Wildman–Crippen LogP) is 6.05. The first-order valence-corrected chi connectivity index (χ1v) is 13.1. The fraction of sp³-hybridized carbons (Fsp3) is 0.321. The summed E-state index contributed by atoms with van der Waals surface area (Å²) in [6.45, 7) is 4.96. The highest BCUT2D eigenvalue weighted by Crippen LogP contribution is 2.32. The molecule has 1 N–H and O–H groups in total. The third-order valence-electron chi connectivity index (χ3n) is 6.67. The van der Waals surface area contributed by atoms with Crippen LogP contribution >= 0.6 is 11.3 Å². The second-order valence-corrected chi connectivity index (χ2v) is 10.2. The number of nitrogens with one attached hydrogen (secondary N) is 1. The van der Waals surface area contributed by atoms with Gasteiger partial charge in [-0.15, -0.1) is 11.3 Å². The zero-order valence-electron chi connectivity index (χ0n) is 20.3. The topological polar surface area (TPSA) is 61.4 Å². The van der Waals surface area contributed by atoms with E-state index in [9.17, 15) is 4.79 Å². The number of rotatable bonds is 7. The molecule has 1 amide bonds. The Balaban J connectivity index is 1.22. The minimum Gasteiger partial charge on any atom is -0.339 e. The van der Waals surface area contributed by atoms with Crippen LogP contribution in [-0.4, -0.2) is 58.4 Å². The first-order valence-electron chi connectivity index (χ1n) is 12.3. The van der Waals surface area contributed by atoms with Crippen LogP contribution in [0, 0.1) is 0 Å². The molecule has 1 saturated heterocycles. The maximum Gasteiger partial charge on any atom is 0.253 e. The van der Waals surface area contributed by atoms with Crippen LogP contribution in [0.15, 0.2) is 66.9 Å². The highest BCUT2D eigenvalue weighted by Gasteiger charge is 2.25. The van der Waals surface area contributed by atoms with Gasteiger partial charge in [0.05, 0.1) is 10.6 Å². The molecule has 7 heteroatoms. The lowest BCUT2D eigenvalue weighted by molar-refractivity contribution is 0.0646. The van der Waals surface area contributed by atoms with Crippen molar-refractivity contribution in [3.05, 3.63) is 72.4 Å². The van der Waals surface area contributed by atoms with Gasteiger partial charge in [0.25, 0.3) is 5.91 Å². The van der Waals surface area contributed by atoms with Crippen LogP contribution in [0.25, 0.3) is 20.7 Å². The highest BCUT2D eigenvalue weighted by atomic mass is 32.1. The SMILES string of the molecule is CCCN(C)C1CCN(C(=O)c2ccc(Nc3nccc(-c4cc5ccccc5s4)n3)cc2)CC1. The Morgan fingerprint density at radius 1 is 1.11 bits per heavy atom. The van der Waals surface area contributed by atoms with Gasteiger partial charge in [0.15, 0.2) is 0 Å². The molecular formula is C28H31N5OS. The van der Waals surface area contributed by atoms with Crippen molar-refractivity contribution in [2.45, 2.75) is 32.2 Å². The maximum atomic E-state index is 13.0. The van der Waals surface area contributed by atoms with Crippen molar-refractivity contribution >= 4 is 39.0 Å². The van der Waals surface area contributed by atoms with E-state index in [1.807, 2.05) is 35.2 Å². The Morgan fingerprint density at radius 2 is 1.89 bits per heavy atom. The van der Waals surface area contributed by atoms with Crippen molar-refractivity contribution < 1.29 is 4.79 Å². The third-order valence-corrected chi connectivity index (χ3v) is 7.81. The molecule has 0 spiro atoms. The van der Waals surface area contributed by atoms with Crippen LogP contribution in [0.5, 0.6) is 0 Å². The number of carbonyl (C=O) groups excluding carboxylic acids is 1. The largest absolute Gasteiger partial charge is 0.339 e. The van der Waals surface area contributed by atoms with Gasteiger partial charge in [0.2, 0.25) is 5.95 Å². The molecule has 1 aliphatic heterocycles. The molecule has 35 heavy (non-hydrogen) atoms. The number of piperidine rings is 1. The van der Waals surface area contributed by atoms with Crippen molar-refractivity contribution in [3.63, 3.8) is 0 Å². The normalized spacial score (nSPS) is 14.5. The molecule has 2 aromatic carbocycles. The van der Waals surface area contributed by atoms with E-state index in [1.54, 1.807) is 17.5 Å². The summed E-state index contributed by atoms with van der Waals surface area (Å²) in [4.78, 5) is 27.6. The van der Waals surface area contributed by atoms with E-state index in [0.29, 0.717) is 12.0 Å². The van der Waals surface area contributed by atoms with Gasteiger partial charge in [-0.2, -0.15) is 0 Å². The van der Waals surface area contributed by atoms with Crippen molar-refractivity contribution in [3.8, 4) is 10.6 Å². The fourth-order valence-corrected chi connectivity index (χ4v) is 5.75. The van der Waals surface area contributed by atoms with E-state index in [1.165, 1.54) is 10.1 Å². The van der Waals surface area contributed by atoms with E-state index in [4.69, 9.17) is 4.98 Å². The van der Waals surface area contributed by atoms with E-state index in [0.717, 1.165) is 60.7 Å². The number of anilines is 2. The smallest absolute Gasteiger partial charge is 0.253 e. The zero-order chi connectivity index (χ0) is 24.2. The number of aromatic nitrogens is 2. The minimum absolute atomic E-state index is 0.108. The van der Waals surface area contributed by atoms with Crippen molar-refractivity contribution in [1.82, 2.24) is 19.8 Å². The number of hydrogen-bond donors (Lipinski definition) is 1. The lowest BCUT2D eigenvalue weighted by Gasteiger charge is -2.36. The Bertz CT molecular complexity index is 1260. The number of carbonyl (C=O) groups is 1. The molecule has 3 heterocycles. The quantitative estimate of drug-likeness (QED) is 0.345. The summed E-state index contributed by atoms with van der Waals surface area (Å²) in [7, 11) is 2.19. The summed E-state index contributed by atoms with van der Waals surface area (Å²) in [5.41, 5.74) is 2.47. The van der Waals surface area contributed by atoms with Crippen molar-refractivity contribution in [2.75, 3.05) is 32.0 Å². The molecule has 2 aromatic heterocycles. The molecule has 0 bridgehead atoms. The summed E-state index contributed by atoms with van der Waals surface area (Å²) < 4.78 is 1.24. The van der Waals surface area contributed by atoms with Gasteiger partial charge < -0.3 is 15.1 Å². The number of hydrogen-bond acceptors (Lipinski definition) is 6. The van der Waals surface area contributed by atoms with Gasteiger partial charge in [-0.05, 0) is 80.7 Å². The highest BCUT2D eigenvalue weighted by molar-refractivity contribution is 7.22. The lowest BCUT2D eigenvalue weighted by Crippen LogP contribution is -2.45. The van der Waals surface area contributed by atoms with Gasteiger partial charge in [0, 0.05) is 41.3 Å². The van der Waals surface area contributed by atoms with Crippen molar-refractivity contribution in [2.24, 2.45) is 0 Å². The van der Waals surface area contributed by atoms with Crippen LogP contribution < -0.4 is 5.32 Å². The van der Waals surface area contributed by atoms with Crippen LogP contribution in [0.2, 0.25) is 0 Å². The molecular weight excluding hydrogens is 454 g/mol. The molecule has 6 nitrogen and oxygen atoms in total. The second-order valence-electron chi connectivity index (χ2n) is 9.12. The minimum atomic E-state index is 0.108. The summed E-state index contributed by atoms with van der Waals surface area (Å²) in [5.74, 6) is 0.647. The number of amides is 1. The Hall–Kier alpha value is -3.29. The monoisotopic (exact) mass is 485 g/mol. The van der Waals surface area contributed by atoms with Gasteiger partial charge in [0.1, 0.15) is 0 Å². The van der Waals surface area contributed by atoms with Crippen molar-refractivity contribution in [1.29, 1.82) is 0 Å². The zero-order valence-corrected chi connectivity index (χ0v) is 21.1. The molecule has 0 radical (unpaired) electrons. The molecule has 1 fully saturated rings. The fourth-order valence-electron chi connectivity index (χ4n) is 4.72. The number of benzene rings is 2. The van der Waals surface area contributed by atoms with E-state index in [2.05, 4.69) is 59.5 Å². The summed E-state index contributed by atoms with van der Waals surface area (Å²) in [6.07, 6.45) is 5.01. The average Bonchev–Trinajstić information content (AvgIpc) is 3.34. The average molecular weight is 486 g/mol. The number of fused-ring (bicyclic) bond motifs is 1. The van der Waals surface area contributed by atoms with Gasteiger partial charge in [-0.1, -0.05) is 25.1 Å². The number of likely N-dealkylation sites (tertiary alicyclic amines) is 1. The first kappa shape index (κ1) is 23.5. The standard InChI is InChI=1S/C28H31N5OS/c1-3-16-32(2)23-13-17-33(18-14-23)27(34)20-8-10-22(11-9-20)30-28-29-15-12-24(31-28)26-19-21-6-4-5-7-25(21)35-26/h4-12,15,19,23H,3,13-14,16-18H2,1-2H3,(H,29,30,31). The van der Waals surface area contributed by atoms with Crippen LogP contribution in [0.1, 0.15) is 36.5 Å². The molecule has 0 saturated carbocycles. The van der Waals surface area contributed by atoms with Crippen LogP contribution in [0.4, 0.5) is 11.6 Å². The molecule has 5 rings (SSSR count). The van der Waals surface area contributed by atoms with E-state index in [-0.39, 0.29) is 5.91 Å². The van der Waals surface area contributed by atoms with Gasteiger partial charge in [-0.25, -0.2) is 9.97 Å². The molecule has 0 aliphatic carbocycles. The van der Waals surface area contributed by atoms with E-state index >= 15 is 0 Å². The second kappa shape index (κ2) is 10.5. The Labute approximate surface area is 210 Å². The molecule has 0 atom stereocenters. The van der Waals surface area contributed by atoms with Crippen LogP contribution in [-0.2, 0) is 0 Å². The lowest BCUT2D eigenvalue weighted by atomic mass is 10.0. The summed E-state index contributed by atoms with van der Waals surface area (Å²) >= 11 is 1.73. The summed E-state index contributed by atoms with van der Waals surface area (Å²) in [6, 6.07) is 20.6. The molecule has 1 aliphatic rings. The Kier molecular flexibility index (Phi) is 7.06. The van der Waals surface area contributed by atoms with Gasteiger partial charge >= 0.3 is 0 Å². The van der Waals surface area contributed by atoms with Crippen LogP contribution in [0.3, 0.4) is 0 Å². The van der Waals surface area contributed by atoms with E-state index < -0.39 is 0 Å². The molecule has 4 aromatic rings. The number of nitrogens with zero attached hydrogens (tertiary/aromatic N) is 4. The molecule has 0 unspecified atom stereocenters. The third kappa shape index (κ3) is 5.36. The van der Waals surface area contributed by atoms with Gasteiger partial charge in [-0.3, -0.25) is 4.79 Å².